The van der Waals surface area contributed by atoms with E-state index in [2.05, 4.69) is 16.9 Å². The minimum Gasteiger partial charge on any atom is -0.460 e. The number of hydrogen-bond acceptors (Lipinski definition) is 9. The zero-order valence-corrected chi connectivity index (χ0v) is 22.5. The Kier molecular flexibility index (Phi) is 15.2. The minimum atomic E-state index is -1.33. The van der Waals surface area contributed by atoms with E-state index in [0.717, 1.165) is 19.3 Å². The van der Waals surface area contributed by atoms with E-state index in [4.69, 9.17) is 13.6 Å². The summed E-state index contributed by atoms with van der Waals surface area (Å²) in [5, 5.41) is 31.1. The van der Waals surface area contributed by atoms with Crippen LogP contribution in [0.5, 0.6) is 0 Å². The normalized spacial score (nSPS) is 14.8. The highest BCUT2D eigenvalue weighted by Gasteiger charge is 2.29. The molecule has 0 aliphatic rings. The van der Waals surface area contributed by atoms with Crippen LogP contribution in [-0.4, -0.2) is 49.6 Å². The lowest BCUT2D eigenvalue weighted by atomic mass is 10.0. The van der Waals surface area contributed by atoms with Gasteiger partial charge in [0.05, 0.1) is 18.7 Å². The average molecular weight is 523 g/mol. The number of carbonyl (C=O) groups is 1. The Bertz CT molecular complexity index is 839. The van der Waals surface area contributed by atoms with E-state index < -0.39 is 24.4 Å². The third-order valence-corrected chi connectivity index (χ3v) is 6.61. The summed E-state index contributed by atoms with van der Waals surface area (Å²) in [5.74, 6) is 0.512. The number of aliphatic hydroxyl groups excluding tert-OH is 3. The highest BCUT2D eigenvalue weighted by atomic mass is 16.6. The van der Waals surface area contributed by atoms with Crippen LogP contribution in [0.15, 0.2) is 27.7 Å². The topological polar surface area (TPSA) is 139 Å². The number of aromatic nitrogens is 2. The van der Waals surface area contributed by atoms with Crippen molar-refractivity contribution in [3.63, 3.8) is 0 Å². The van der Waals surface area contributed by atoms with Crippen LogP contribution in [-0.2, 0) is 16.0 Å². The largest absolute Gasteiger partial charge is 0.460 e. The monoisotopic (exact) mass is 522 g/mol. The molecule has 0 spiro atoms. The van der Waals surface area contributed by atoms with Crippen LogP contribution in [0.1, 0.15) is 127 Å². The first kappa shape index (κ1) is 31.0. The number of ether oxygens (including phenoxy) is 1. The van der Waals surface area contributed by atoms with Gasteiger partial charge in [-0.1, -0.05) is 77.6 Å². The zero-order chi connectivity index (χ0) is 26.9. The SMILES string of the molecule is CCCCCCCCCCCCCCC(=O)O[C@@H](C)[C@@H](O)[C@@H](O)C[C@@H](O)c1coc(Cc2cnco2)n1. The lowest BCUT2D eigenvalue weighted by Gasteiger charge is -2.25. The fourth-order valence-corrected chi connectivity index (χ4v) is 4.29. The number of esters is 1. The van der Waals surface area contributed by atoms with Crippen molar-refractivity contribution in [2.75, 3.05) is 0 Å². The molecule has 2 aromatic rings. The van der Waals surface area contributed by atoms with Crippen LogP contribution in [0.2, 0.25) is 0 Å². The second-order valence-electron chi connectivity index (χ2n) is 9.95. The molecule has 210 valence electrons. The first-order valence-electron chi connectivity index (χ1n) is 14.0. The molecule has 0 amide bonds. The maximum atomic E-state index is 12.1. The van der Waals surface area contributed by atoms with Gasteiger partial charge in [-0.3, -0.25) is 4.79 Å². The average Bonchev–Trinajstić information content (AvgIpc) is 3.57. The first-order chi connectivity index (χ1) is 17.9. The molecular formula is C28H46N2O7. The molecular weight excluding hydrogens is 476 g/mol. The molecule has 0 saturated heterocycles. The Hall–Kier alpha value is -2.23. The van der Waals surface area contributed by atoms with Crippen molar-refractivity contribution in [3.8, 4) is 0 Å². The van der Waals surface area contributed by atoms with Gasteiger partial charge in [0.1, 0.15) is 36.0 Å². The van der Waals surface area contributed by atoms with Crippen LogP contribution < -0.4 is 0 Å². The lowest BCUT2D eigenvalue weighted by molar-refractivity contribution is -0.159. The van der Waals surface area contributed by atoms with Gasteiger partial charge in [0.25, 0.3) is 0 Å². The zero-order valence-electron chi connectivity index (χ0n) is 22.5. The van der Waals surface area contributed by atoms with Gasteiger partial charge >= 0.3 is 5.97 Å². The number of aliphatic hydroxyl groups is 3. The molecule has 9 heteroatoms. The summed E-state index contributed by atoms with van der Waals surface area (Å²) >= 11 is 0. The molecule has 2 heterocycles. The van der Waals surface area contributed by atoms with Gasteiger partial charge in [0.15, 0.2) is 6.39 Å². The molecule has 2 rings (SSSR count). The molecule has 37 heavy (non-hydrogen) atoms. The Balaban J connectivity index is 1.55. The number of carbonyl (C=O) groups excluding carboxylic acids is 1. The second kappa shape index (κ2) is 18.1. The summed E-state index contributed by atoms with van der Waals surface area (Å²) in [5.41, 5.74) is 0.234. The van der Waals surface area contributed by atoms with Gasteiger partial charge in [0, 0.05) is 12.8 Å². The second-order valence-corrected chi connectivity index (χ2v) is 9.95. The van der Waals surface area contributed by atoms with E-state index >= 15 is 0 Å². The van der Waals surface area contributed by atoms with Gasteiger partial charge in [0.2, 0.25) is 5.89 Å². The predicted octanol–water partition coefficient (Wildman–Crippen LogP) is 5.42. The molecule has 3 N–H and O–H groups in total. The fraction of sp³-hybridized carbons (Fsp3) is 0.750. The number of rotatable bonds is 21. The van der Waals surface area contributed by atoms with Gasteiger partial charge in [-0.2, -0.15) is 0 Å². The molecule has 0 bridgehead atoms. The van der Waals surface area contributed by atoms with E-state index in [1.165, 1.54) is 77.4 Å². The minimum absolute atomic E-state index is 0.184. The van der Waals surface area contributed by atoms with Crippen LogP contribution >= 0.6 is 0 Å². The Morgan fingerprint density at radius 2 is 1.57 bits per heavy atom. The summed E-state index contributed by atoms with van der Waals surface area (Å²) in [6, 6.07) is 0. The molecule has 2 aromatic heterocycles. The van der Waals surface area contributed by atoms with E-state index in [0.29, 0.717) is 18.1 Å². The fourth-order valence-electron chi connectivity index (χ4n) is 4.29. The third kappa shape index (κ3) is 12.7. The van der Waals surface area contributed by atoms with Gasteiger partial charge in [-0.25, -0.2) is 9.97 Å². The molecule has 4 atom stereocenters. The van der Waals surface area contributed by atoms with Crippen molar-refractivity contribution in [2.24, 2.45) is 0 Å². The number of hydrogen-bond donors (Lipinski definition) is 3. The van der Waals surface area contributed by atoms with Gasteiger partial charge < -0.3 is 28.9 Å². The highest BCUT2D eigenvalue weighted by Crippen LogP contribution is 2.22. The molecule has 0 unspecified atom stereocenters. The molecule has 0 aliphatic carbocycles. The van der Waals surface area contributed by atoms with Crippen molar-refractivity contribution in [1.82, 2.24) is 9.97 Å². The lowest BCUT2D eigenvalue weighted by Crippen LogP contribution is -2.39. The summed E-state index contributed by atoms with van der Waals surface area (Å²) in [7, 11) is 0. The predicted molar refractivity (Wildman–Crippen MR) is 139 cm³/mol. The molecule has 0 saturated carbocycles. The summed E-state index contributed by atoms with van der Waals surface area (Å²) < 4.78 is 15.8. The van der Waals surface area contributed by atoms with Crippen LogP contribution in [0.25, 0.3) is 0 Å². The van der Waals surface area contributed by atoms with E-state index in [1.54, 1.807) is 6.20 Å². The Morgan fingerprint density at radius 3 is 2.16 bits per heavy atom. The van der Waals surface area contributed by atoms with Crippen molar-refractivity contribution in [1.29, 1.82) is 0 Å². The summed E-state index contributed by atoms with van der Waals surface area (Å²) in [4.78, 5) is 20.2. The van der Waals surface area contributed by atoms with Crippen molar-refractivity contribution in [3.05, 3.63) is 36.2 Å². The van der Waals surface area contributed by atoms with Crippen LogP contribution in [0.4, 0.5) is 0 Å². The quantitative estimate of drug-likeness (QED) is 0.145. The first-order valence-corrected chi connectivity index (χ1v) is 14.0. The van der Waals surface area contributed by atoms with Crippen LogP contribution in [0.3, 0.4) is 0 Å². The molecule has 0 radical (unpaired) electrons. The standard InChI is InChI=1S/C28H46N2O7/c1-3-4-5-6-7-8-9-10-11-12-13-14-15-27(33)37-21(2)28(34)25(32)17-24(31)23-19-35-26(30-23)16-22-18-29-20-36-22/h18-21,24-25,28,31-32,34H,3-17H2,1-2H3/t21-,24+,25-,28+/m0/s1. The highest BCUT2D eigenvalue weighted by molar-refractivity contribution is 5.69. The van der Waals surface area contributed by atoms with Crippen molar-refractivity contribution >= 4 is 5.97 Å². The third-order valence-electron chi connectivity index (χ3n) is 6.61. The van der Waals surface area contributed by atoms with Crippen molar-refractivity contribution in [2.45, 2.75) is 135 Å². The van der Waals surface area contributed by atoms with Gasteiger partial charge in [-0.15, -0.1) is 0 Å². The van der Waals surface area contributed by atoms with Crippen molar-refractivity contribution < 1.29 is 33.7 Å². The molecule has 0 aliphatic heterocycles. The van der Waals surface area contributed by atoms with E-state index in [-0.39, 0.29) is 24.5 Å². The summed E-state index contributed by atoms with van der Waals surface area (Å²) in [6.45, 7) is 3.77. The molecule has 0 fully saturated rings. The number of oxazole rings is 2. The smallest absolute Gasteiger partial charge is 0.306 e. The van der Waals surface area contributed by atoms with E-state index in [1.807, 2.05) is 0 Å². The van der Waals surface area contributed by atoms with Gasteiger partial charge in [-0.05, 0) is 13.3 Å². The Labute approximate surface area is 220 Å². The van der Waals surface area contributed by atoms with Crippen LogP contribution in [0, 0.1) is 0 Å². The maximum absolute atomic E-state index is 12.1. The molecule has 9 nitrogen and oxygen atoms in total. The molecule has 0 aromatic carbocycles. The Morgan fingerprint density at radius 1 is 0.946 bits per heavy atom. The van der Waals surface area contributed by atoms with E-state index in [9.17, 15) is 20.1 Å². The number of unbranched alkanes of at least 4 members (excludes halogenated alkanes) is 11. The number of nitrogens with zero attached hydrogens (tertiary/aromatic N) is 2. The maximum Gasteiger partial charge on any atom is 0.306 e. The summed E-state index contributed by atoms with van der Waals surface area (Å²) in [6.07, 6.45) is 14.4.